The highest BCUT2D eigenvalue weighted by Crippen LogP contribution is 2.65. The van der Waals surface area contributed by atoms with Crippen molar-refractivity contribution < 1.29 is 0 Å². The van der Waals surface area contributed by atoms with Gasteiger partial charge < -0.3 is 5.32 Å². The van der Waals surface area contributed by atoms with Crippen LogP contribution in [0.1, 0.15) is 58.6 Å². The van der Waals surface area contributed by atoms with Crippen LogP contribution in [-0.2, 0) is 0 Å². The normalized spacial score (nSPS) is 35.1. The summed E-state index contributed by atoms with van der Waals surface area (Å²) in [6.07, 6.45) is 6.31. The third-order valence-corrected chi connectivity index (χ3v) is 7.60. The Balaban J connectivity index is 1.72. The molecule has 0 saturated heterocycles. The zero-order valence-corrected chi connectivity index (χ0v) is 14.9. The molecule has 2 heteroatoms. The van der Waals surface area contributed by atoms with E-state index in [-0.39, 0.29) is 0 Å². The summed E-state index contributed by atoms with van der Waals surface area (Å²) in [5.74, 6) is 0.908. The molecule has 0 aromatic heterocycles. The minimum Gasteiger partial charge on any atom is -0.307 e. The zero-order chi connectivity index (χ0) is 15.3. The van der Waals surface area contributed by atoms with Crippen molar-refractivity contribution in [3.05, 3.63) is 29.8 Å². The molecule has 1 aromatic rings. The molecule has 2 saturated carbocycles. The topological polar surface area (TPSA) is 12.0 Å². The van der Waals surface area contributed by atoms with Crippen molar-refractivity contribution in [1.29, 1.82) is 0 Å². The molecule has 4 atom stereocenters. The molecule has 1 nitrogen and oxygen atoms in total. The number of fused-ring (bicyclic) bond motifs is 2. The van der Waals surface area contributed by atoms with Gasteiger partial charge in [-0.15, -0.1) is 11.8 Å². The molecule has 1 aromatic carbocycles. The SMILES string of the molecule is CSc1ccc(C(C)NC2CC3CCC2(C)C3(C)C)cc1. The third-order valence-electron chi connectivity index (χ3n) is 6.86. The van der Waals surface area contributed by atoms with Crippen LogP contribution in [0.2, 0.25) is 0 Å². The standard InChI is InChI=1S/C19H29NS/c1-13(14-6-8-16(21-5)9-7-14)20-17-12-15-10-11-19(17,4)18(15,2)3/h6-9,13,15,17,20H,10-12H2,1-5H3. The zero-order valence-electron chi connectivity index (χ0n) is 14.1. The summed E-state index contributed by atoms with van der Waals surface area (Å²) in [6.45, 7) is 9.81. The lowest BCUT2D eigenvalue weighted by molar-refractivity contribution is 0.116. The Kier molecular flexibility index (Phi) is 3.90. The van der Waals surface area contributed by atoms with Crippen LogP contribution in [0.3, 0.4) is 0 Å². The second-order valence-corrected chi connectivity index (χ2v) is 8.70. The first kappa shape index (κ1) is 15.4. The van der Waals surface area contributed by atoms with Gasteiger partial charge in [0.1, 0.15) is 0 Å². The summed E-state index contributed by atoms with van der Waals surface area (Å²) in [7, 11) is 0. The monoisotopic (exact) mass is 303 g/mol. The van der Waals surface area contributed by atoms with Crippen molar-refractivity contribution in [3.63, 3.8) is 0 Å². The molecule has 0 spiro atoms. The van der Waals surface area contributed by atoms with Crippen LogP contribution in [0.25, 0.3) is 0 Å². The summed E-state index contributed by atoms with van der Waals surface area (Å²) < 4.78 is 0. The number of benzene rings is 1. The molecule has 0 aliphatic heterocycles. The Morgan fingerprint density at radius 3 is 2.33 bits per heavy atom. The number of hydrogen-bond donors (Lipinski definition) is 1. The highest BCUT2D eigenvalue weighted by molar-refractivity contribution is 7.98. The number of thioether (sulfide) groups is 1. The molecule has 116 valence electrons. The maximum Gasteiger partial charge on any atom is 0.0294 e. The van der Waals surface area contributed by atoms with Gasteiger partial charge in [-0.2, -0.15) is 0 Å². The average Bonchev–Trinajstić information content (AvgIpc) is 2.80. The lowest BCUT2D eigenvalue weighted by Crippen LogP contribution is -2.45. The van der Waals surface area contributed by atoms with E-state index in [0.717, 1.165) is 5.92 Å². The minimum atomic E-state index is 0.442. The minimum absolute atomic E-state index is 0.442. The highest BCUT2D eigenvalue weighted by Gasteiger charge is 2.61. The van der Waals surface area contributed by atoms with Gasteiger partial charge in [0, 0.05) is 17.0 Å². The van der Waals surface area contributed by atoms with Crippen molar-refractivity contribution in [2.45, 2.75) is 63.9 Å². The van der Waals surface area contributed by atoms with Crippen LogP contribution in [-0.4, -0.2) is 12.3 Å². The first-order valence-electron chi connectivity index (χ1n) is 8.28. The van der Waals surface area contributed by atoms with Crippen molar-refractivity contribution in [1.82, 2.24) is 5.32 Å². The fourth-order valence-electron chi connectivity index (χ4n) is 4.75. The second-order valence-electron chi connectivity index (χ2n) is 7.82. The summed E-state index contributed by atoms with van der Waals surface area (Å²) >= 11 is 1.81. The van der Waals surface area contributed by atoms with Crippen LogP contribution in [0.4, 0.5) is 0 Å². The molecular weight excluding hydrogens is 274 g/mol. The van der Waals surface area contributed by atoms with Gasteiger partial charge in [-0.3, -0.25) is 0 Å². The van der Waals surface area contributed by atoms with E-state index in [9.17, 15) is 0 Å². The summed E-state index contributed by atoms with van der Waals surface area (Å²) in [5.41, 5.74) is 2.37. The van der Waals surface area contributed by atoms with Crippen molar-refractivity contribution in [3.8, 4) is 0 Å². The van der Waals surface area contributed by atoms with Crippen molar-refractivity contribution in [2.75, 3.05) is 6.26 Å². The molecular formula is C19H29NS. The summed E-state index contributed by atoms with van der Waals surface area (Å²) in [4.78, 5) is 1.35. The molecule has 4 unspecified atom stereocenters. The van der Waals surface area contributed by atoms with Gasteiger partial charge in [0.2, 0.25) is 0 Å². The van der Waals surface area contributed by atoms with Crippen LogP contribution >= 0.6 is 11.8 Å². The first-order valence-corrected chi connectivity index (χ1v) is 9.51. The predicted octanol–water partition coefficient (Wildman–Crippen LogP) is 5.27. The Labute approximate surface area is 134 Å². The number of hydrogen-bond acceptors (Lipinski definition) is 2. The van der Waals surface area contributed by atoms with E-state index in [2.05, 4.69) is 63.5 Å². The molecule has 2 fully saturated rings. The van der Waals surface area contributed by atoms with E-state index in [4.69, 9.17) is 0 Å². The summed E-state index contributed by atoms with van der Waals surface area (Å²) in [6, 6.07) is 10.2. The van der Waals surface area contributed by atoms with Gasteiger partial charge >= 0.3 is 0 Å². The Morgan fingerprint density at radius 1 is 1.19 bits per heavy atom. The molecule has 3 rings (SSSR count). The van der Waals surface area contributed by atoms with Crippen LogP contribution in [0, 0.1) is 16.7 Å². The molecule has 2 aliphatic carbocycles. The van der Waals surface area contributed by atoms with E-state index in [0.29, 0.717) is 22.9 Å². The van der Waals surface area contributed by atoms with Gasteiger partial charge in [-0.05, 0) is 66.9 Å². The fraction of sp³-hybridized carbons (Fsp3) is 0.684. The van der Waals surface area contributed by atoms with Crippen LogP contribution in [0.15, 0.2) is 29.2 Å². The van der Waals surface area contributed by atoms with Gasteiger partial charge in [-0.1, -0.05) is 32.9 Å². The molecule has 0 amide bonds. The largest absolute Gasteiger partial charge is 0.307 e. The maximum atomic E-state index is 3.95. The van der Waals surface area contributed by atoms with Crippen molar-refractivity contribution in [2.24, 2.45) is 16.7 Å². The predicted molar refractivity (Wildman–Crippen MR) is 92.8 cm³/mol. The number of rotatable bonds is 4. The van der Waals surface area contributed by atoms with E-state index >= 15 is 0 Å². The average molecular weight is 304 g/mol. The van der Waals surface area contributed by atoms with Gasteiger partial charge in [0.05, 0.1) is 0 Å². The van der Waals surface area contributed by atoms with E-state index in [1.165, 1.54) is 29.7 Å². The van der Waals surface area contributed by atoms with E-state index in [1.54, 1.807) is 0 Å². The van der Waals surface area contributed by atoms with Gasteiger partial charge in [-0.25, -0.2) is 0 Å². The quantitative estimate of drug-likeness (QED) is 0.760. The van der Waals surface area contributed by atoms with Crippen LogP contribution in [0.5, 0.6) is 0 Å². The van der Waals surface area contributed by atoms with E-state index in [1.807, 2.05) is 11.8 Å². The second kappa shape index (κ2) is 5.31. The lowest BCUT2D eigenvalue weighted by Gasteiger charge is -2.40. The smallest absolute Gasteiger partial charge is 0.0294 e. The molecule has 2 aliphatic rings. The summed E-state index contributed by atoms with van der Waals surface area (Å²) in [5, 5.41) is 3.95. The third kappa shape index (κ3) is 2.35. The number of nitrogens with one attached hydrogen (secondary N) is 1. The fourth-order valence-corrected chi connectivity index (χ4v) is 5.15. The molecule has 0 radical (unpaired) electrons. The Morgan fingerprint density at radius 2 is 1.86 bits per heavy atom. The molecule has 1 N–H and O–H groups in total. The first-order chi connectivity index (χ1) is 9.88. The van der Waals surface area contributed by atoms with Gasteiger partial charge in [0.25, 0.3) is 0 Å². The maximum absolute atomic E-state index is 3.95. The van der Waals surface area contributed by atoms with Crippen molar-refractivity contribution >= 4 is 11.8 Å². The lowest BCUT2D eigenvalue weighted by atomic mass is 9.69. The highest BCUT2D eigenvalue weighted by atomic mass is 32.2. The van der Waals surface area contributed by atoms with E-state index < -0.39 is 0 Å². The van der Waals surface area contributed by atoms with Crippen LogP contribution < -0.4 is 5.32 Å². The molecule has 21 heavy (non-hydrogen) atoms. The molecule has 0 heterocycles. The Hall–Kier alpha value is -0.470. The molecule has 2 bridgehead atoms. The Bertz CT molecular complexity index is 507. The van der Waals surface area contributed by atoms with Gasteiger partial charge in [0.15, 0.2) is 0 Å².